The molecule has 0 fully saturated rings. The molecule has 2 amide bonds. The molecule has 1 heterocycles. The zero-order chi connectivity index (χ0) is 21.7. The van der Waals surface area contributed by atoms with Crippen molar-refractivity contribution in [2.75, 3.05) is 0 Å². The summed E-state index contributed by atoms with van der Waals surface area (Å²) in [6.45, 7) is 5.72. The Kier molecular flexibility index (Phi) is 6.47. The van der Waals surface area contributed by atoms with Crippen molar-refractivity contribution in [3.8, 4) is 0 Å². The van der Waals surface area contributed by atoms with Gasteiger partial charge in [-0.1, -0.05) is 30.3 Å². The Morgan fingerprint density at radius 2 is 1.57 bits per heavy atom. The summed E-state index contributed by atoms with van der Waals surface area (Å²) < 4.78 is 0. The third kappa shape index (κ3) is 5.03. The first kappa shape index (κ1) is 21.0. The van der Waals surface area contributed by atoms with Crippen LogP contribution in [0, 0.1) is 13.8 Å². The summed E-state index contributed by atoms with van der Waals surface area (Å²) >= 11 is 0. The van der Waals surface area contributed by atoms with Gasteiger partial charge in [-0.3, -0.25) is 14.4 Å². The molecule has 3 rings (SSSR count). The maximum absolute atomic E-state index is 12.5. The van der Waals surface area contributed by atoms with Crippen LogP contribution < -0.4 is 16.2 Å². The van der Waals surface area contributed by atoms with E-state index in [4.69, 9.17) is 0 Å². The van der Waals surface area contributed by atoms with Crippen molar-refractivity contribution >= 4 is 11.8 Å². The van der Waals surface area contributed by atoms with Crippen LogP contribution >= 0.6 is 0 Å². The summed E-state index contributed by atoms with van der Waals surface area (Å²) in [6, 6.07) is 17.7. The third-order valence-corrected chi connectivity index (χ3v) is 4.98. The van der Waals surface area contributed by atoms with E-state index in [9.17, 15) is 14.4 Å². The molecule has 1 atom stereocenters. The fraction of sp³-hybridized carbons (Fsp3) is 0.208. The molecule has 6 heteroatoms. The lowest BCUT2D eigenvalue weighted by Crippen LogP contribution is -2.28. The molecule has 6 nitrogen and oxygen atoms in total. The third-order valence-electron chi connectivity index (χ3n) is 4.98. The number of hydrogen-bond acceptors (Lipinski definition) is 3. The van der Waals surface area contributed by atoms with Crippen LogP contribution in [0.4, 0.5) is 0 Å². The van der Waals surface area contributed by atoms with Crippen molar-refractivity contribution < 1.29 is 9.59 Å². The van der Waals surface area contributed by atoms with Crippen LogP contribution in [0.3, 0.4) is 0 Å². The predicted molar refractivity (Wildman–Crippen MR) is 116 cm³/mol. The van der Waals surface area contributed by atoms with Crippen LogP contribution in [-0.4, -0.2) is 16.8 Å². The van der Waals surface area contributed by atoms with E-state index in [0.717, 1.165) is 16.8 Å². The molecule has 1 aromatic heterocycles. The van der Waals surface area contributed by atoms with E-state index in [1.54, 1.807) is 24.3 Å². The maximum Gasteiger partial charge on any atom is 0.253 e. The number of benzene rings is 2. The van der Waals surface area contributed by atoms with Crippen LogP contribution in [0.25, 0.3) is 0 Å². The van der Waals surface area contributed by atoms with Crippen molar-refractivity contribution in [2.45, 2.75) is 33.4 Å². The zero-order valence-electron chi connectivity index (χ0n) is 17.3. The number of aromatic amines is 1. The van der Waals surface area contributed by atoms with Crippen LogP contribution in [-0.2, 0) is 6.54 Å². The lowest BCUT2D eigenvalue weighted by atomic mass is 10.0. The summed E-state index contributed by atoms with van der Waals surface area (Å²) in [5.41, 5.74) is 3.96. The van der Waals surface area contributed by atoms with Crippen molar-refractivity contribution in [1.29, 1.82) is 0 Å². The van der Waals surface area contributed by atoms with Crippen molar-refractivity contribution in [1.82, 2.24) is 15.6 Å². The Hall–Kier alpha value is -3.67. The smallest absolute Gasteiger partial charge is 0.253 e. The SMILES string of the molecule is Cc1cc(C)c(CNC(=O)c2ccc(C(C)NC(=O)c3ccccc3)cc2)c(=O)[nH]1. The molecule has 0 bridgehead atoms. The first-order valence-corrected chi connectivity index (χ1v) is 9.78. The molecule has 0 aliphatic carbocycles. The monoisotopic (exact) mass is 403 g/mol. The Morgan fingerprint density at radius 1 is 0.933 bits per heavy atom. The van der Waals surface area contributed by atoms with E-state index < -0.39 is 0 Å². The molecular weight excluding hydrogens is 378 g/mol. The predicted octanol–water partition coefficient (Wildman–Crippen LogP) is 3.41. The second kappa shape index (κ2) is 9.22. The van der Waals surface area contributed by atoms with Gasteiger partial charge in [-0.25, -0.2) is 0 Å². The summed E-state index contributed by atoms with van der Waals surface area (Å²) in [4.78, 5) is 39.6. The lowest BCUT2D eigenvalue weighted by molar-refractivity contribution is 0.0934. The highest BCUT2D eigenvalue weighted by Crippen LogP contribution is 2.15. The summed E-state index contributed by atoms with van der Waals surface area (Å²) in [5.74, 6) is -0.412. The summed E-state index contributed by atoms with van der Waals surface area (Å²) in [5, 5.41) is 5.74. The fourth-order valence-corrected chi connectivity index (χ4v) is 3.25. The first-order valence-electron chi connectivity index (χ1n) is 9.78. The fourth-order valence-electron chi connectivity index (χ4n) is 3.25. The number of aryl methyl sites for hydroxylation is 2. The molecule has 1 unspecified atom stereocenters. The molecule has 0 spiro atoms. The van der Waals surface area contributed by atoms with Crippen LogP contribution in [0.15, 0.2) is 65.5 Å². The van der Waals surface area contributed by atoms with Gasteiger partial charge in [0.15, 0.2) is 0 Å². The second-order valence-corrected chi connectivity index (χ2v) is 7.31. The van der Waals surface area contributed by atoms with Crippen molar-refractivity contribution in [3.05, 3.63) is 105 Å². The van der Waals surface area contributed by atoms with E-state index in [0.29, 0.717) is 16.7 Å². The van der Waals surface area contributed by atoms with Crippen LogP contribution in [0.5, 0.6) is 0 Å². The second-order valence-electron chi connectivity index (χ2n) is 7.31. The van der Waals surface area contributed by atoms with Crippen LogP contribution in [0.1, 0.15) is 56.1 Å². The minimum absolute atomic E-state index is 0.149. The number of pyridine rings is 1. The van der Waals surface area contributed by atoms with Gasteiger partial charge in [-0.2, -0.15) is 0 Å². The van der Waals surface area contributed by atoms with Crippen molar-refractivity contribution in [3.63, 3.8) is 0 Å². The van der Waals surface area contributed by atoms with Gasteiger partial charge in [0, 0.05) is 28.9 Å². The number of aromatic nitrogens is 1. The van der Waals surface area contributed by atoms with E-state index in [1.807, 2.05) is 57.2 Å². The van der Waals surface area contributed by atoms with E-state index in [1.165, 1.54) is 0 Å². The largest absolute Gasteiger partial charge is 0.348 e. The number of H-pyrrole nitrogens is 1. The molecule has 3 N–H and O–H groups in total. The number of carbonyl (C=O) groups is 2. The zero-order valence-corrected chi connectivity index (χ0v) is 17.3. The van der Waals surface area contributed by atoms with Gasteiger partial charge in [-0.05, 0) is 62.2 Å². The van der Waals surface area contributed by atoms with E-state index in [2.05, 4.69) is 15.6 Å². The number of carbonyl (C=O) groups excluding carboxylic acids is 2. The highest BCUT2D eigenvalue weighted by Gasteiger charge is 2.13. The van der Waals surface area contributed by atoms with E-state index >= 15 is 0 Å². The Bertz CT molecular complexity index is 1100. The average Bonchev–Trinajstić information content (AvgIpc) is 2.73. The molecular formula is C24H25N3O3. The lowest BCUT2D eigenvalue weighted by Gasteiger charge is -2.15. The Balaban J connectivity index is 1.61. The van der Waals surface area contributed by atoms with Gasteiger partial charge in [0.25, 0.3) is 17.4 Å². The molecule has 0 aliphatic rings. The maximum atomic E-state index is 12.5. The first-order chi connectivity index (χ1) is 14.3. The van der Waals surface area contributed by atoms with Gasteiger partial charge in [0.1, 0.15) is 0 Å². The van der Waals surface area contributed by atoms with Crippen LogP contribution in [0.2, 0.25) is 0 Å². The van der Waals surface area contributed by atoms with E-state index in [-0.39, 0.29) is 30.0 Å². The normalized spacial score (nSPS) is 11.6. The summed E-state index contributed by atoms with van der Waals surface area (Å²) in [7, 11) is 0. The minimum Gasteiger partial charge on any atom is -0.348 e. The Morgan fingerprint density at radius 3 is 2.20 bits per heavy atom. The highest BCUT2D eigenvalue weighted by atomic mass is 16.2. The Labute approximate surface area is 175 Å². The highest BCUT2D eigenvalue weighted by molar-refractivity contribution is 5.95. The standard InChI is InChI=1S/C24H25N3O3/c1-15-13-16(2)26-24(30)21(15)14-25-22(28)20-11-9-18(10-12-20)17(3)27-23(29)19-7-5-4-6-8-19/h4-13,17H,14H2,1-3H3,(H,25,28)(H,26,30)(H,27,29). The average molecular weight is 403 g/mol. The molecule has 154 valence electrons. The van der Waals surface area contributed by atoms with Gasteiger partial charge >= 0.3 is 0 Å². The quantitative estimate of drug-likeness (QED) is 0.589. The molecule has 0 saturated carbocycles. The van der Waals surface area contributed by atoms with Gasteiger partial charge in [0.2, 0.25) is 0 Å². The van der Waals surface area contributed by atoms with Gasteiger partial charge < -0.3 is 15.6 Å². The number of amides is 2. The van der Waals surface area contributed by atoms with Gasteiger partial charge in [-0.15, -0.1) is 0 Å². The topological polar surface area (TPSA) is 91.1 Å². The minimum atomic E-state index is -0.262. The molecule has 0 saturated heterocycles. The van der Waals surface area contributed by atoms with Crippen molar-refractivity contribution in [2.24, 2.45) is 0 Å². The van der Waals surface area contributed by atoms with Gasteiger partial charge in [0.05, 0.1) is 6.04 Å². The molecule has 2 aromatic carbocycles. The molecule has 0 radical (unpaired) electrons. The summed E-state index contributed by atoms with van der Waals surface area (Å²) in [6.07, 6.45) is 0. The number of rotatable bonds is 6. The molecule has 0 aliphatic heterocycles. The number of hydrogen-bond donors (Lipinski definition) is 3. The molecule has 30 heavy (non-hydrogen) atoms. The molecule has 3 aromatic rings. The number of nitrogens with one attached hydrogen (secondary N) is 3.